The number of rotatable bonds is 4. The van der Waals surface area contributed by atoms with Crippen LogP contribution in [0.4, 0.5) is 0 Å². The van der Waals surface area contributed by atoms with Gasteiger partial charge in [0, 0.05) is 24.7 Å². The molecular formula is C14H16NO2P. The summed E-state index contributed by atoms with van der Waals surface area (Å²) < 4.78 is 18.8. The van der Waals surface area contributed by atoms with Gasteiger partial charge in [-0.15, -0.1) is 0 Å². The molecule has 3 nitrogen and oxygen atoms in total. The van der Waals surface area contributed by atoms with Gasteiger partial charge in [0.05, 0.1) is 0 Å². The van der Waals surface area contributed by atoms with Crippen LogP contribution in [0.3, 0.4) is 0 Å². The molecule has 0 saturated heterocycles. The van der Waals surface area contributed by atoms with E-state index in [9.17, 15) is 4.57 Å². The van der Waals surface area contributed by atoms with Crippen molar-refractivity contribution in [3.05, 3.63) is 60.7 Å². The van der Waals surface area contributed by atoms with Gasteiger partial charge >= 0.3 is 0 Å². The van der Waals surface area contributed by atoms with E-state index in [1.807, 2.05) is 60.7 Å². The molecule has 0 heterocycles. The van der Waals surface area contributed by atoms with Gasteiger partial charge in [0.25, 0.3) is 7.37 Å². The predicted octanol–water partition coefficient (Wildman–Crippen LogP) is 2.41. The van der Waals surface area contributed by atoms with E-state index in [4.69, 9.17) is 4.62 Å². The van der Waals surface area contributed by atoms with Gasteiger partial charge in [0.2, 0.25) is 0 Å². The molecule has 0 aromatic heterocycles. The fourth-order valence-corrected chi connectivity index (χ4v) is 3.80. The Balaban J connectivity index is 2.52. The molecule has 2 aromatic carbocycles. The summed E-state index contributed by atoms with van der Waals surface area (Å²) >= 11 is 0. The molecule has 0 N–H and O–H groups in total. The molecule has 0 aliphatic carbocycles. The molecule has 0 amide bonds. The van der Waals surface area contributed by atoms with Crippen LogP contribution >= 0.6 is 7.37 Å². The van der Waals surface area contributed by atoms with Gasteiger partial charge in [-0.05, 0) is 24.3 Å². The van der Waals surface area contributed by atoms with Crippen molar-refractivity contribution < 1.29 is 9.19 Å². The Bertz CT molecular complexity index is 497. The van der Waals surface area contributed by atoms with Gasteiger partial charge in [-0.1, -0.05) is 36.4 Å². The third kappa shape index (κ3) is 2.70. The fourth-order valence-electron chi connectivity index (χ4n) is 1.72. The highest BCUT2D eigenvalue weighted by Gasteiger charge is 2.29. The van der Waals surface area contributed by atoms with E-state index in [2.05, 4.69) is 0 Å². The first-order valence-corrected chi connectivity index (χ1v) is 7.34. The molecule has 18 heavy (non-hydrogen) atoms. The average molecular weight is 263 g/mol. The maximum atomic E-state index is 13.2. The normalized spacial score (nSPS) is 11.7. The minimum atomic E-state index is -3.05. The smallest absolute Gasteiger partial charge is 0.277 e. The highest BCUT2D eigenvalue weighted by atomic mass is 31.2. The lowest BCUT2D eigenvalue weighted by atomic mass is 10.4. The Morgan fingerprint density at radius 1 is 0.833 bits per heavy atom. The molecule has 94 valence electrons. The van der Waals surface area contributed by atoms with Gasteiger partial charge in [-0.2, -0.15) is 5.06 Å². The summed E-state index contributed by atoms with van der Waals surface area (Å²) in [5.74, 6) is 0. The Morgan fingerprint density at radius 3 is 1.56 bits per heavy atom. The summed E-state index contributed by atoms with van der Waals surface area (Å²) in [6.07, 6.45) is 0. The van der Waals surface area contributed by atoms with Crippen LogP contribution in [-0.4, -0.2) is 19.2 Å². The second-order valence-electron chi connectivity index (χ2n) is 4.12. The Labute approximate surface area is 107 Å². The largest absolute Gasteiger partial charge is 0.281 e. The third-order valence-electron chi connectivity index (χ3n) is 2.47. The van der Waals surface area contributed by atoms with E-state index in [-0.39, 0.29) is 0 Å². The van der Waals surface area contributed by atoms with Crippen LogP contribution in [0.2, 0.25) is 0 Å². The molecule has 0 unspecified atom stereocenters. The summed E-state index contributed by atoms with van der Waals surface area (Å²) in [6.45, 7) is 0. The zero-order valence-corrected chi connectivity index (χ0v) is 11.4. The summed E-state index contributed by atoms with van der Waals surface area (Å²) in [7, 11) is 0.415. The van der Waals surface area contributed by atoms with Crippen LogP contribution in [0.5, 0.6) is 0 Å². The van der Waals surface area contributed by atoms with Gasteiger partial charge in [-0.25, -0.2) is 4.62 Å². The Hall–Kier alpha value is -1.41. The summed E-state index contributed by atoms with van der Waals surface area (Å²) in [6, 6.07) is 18.6. The van der Waals surface area contributed by atoms with Crippen molar-refractivity contribution in [1.82, 2.24) is 5.06 Å². The molecule has 0 radical (unpaired) electrons. The van der Waals surface area contributed by atoms with E-state index >= 15 is 0 Å². The van der Waals surface area contributed by atoms with Crippen molar-refractivity contribution in [2.45, 2.75) is 0 Å². The highest BCUT2D eigenvalue weighted by Crippen LogP contribution is 2.44. The van der Waals surface area contributed by atoms with Crippen molar-refractivity contribution in [1.29, 1.82) is 0 Å². The summed E-state index contributed by atoms with van der Waals surface area (Å²) in [5, 5.41) is 2.88. The molecule has 0 bridgehead atoms. The Kier molecular flexibility index (Phi) is 3.97. The SMILES string of the molecule is CN(C)[18O]P(=O)(c1ccccc1)c1ccccc1. The van der Waals surface area contributed by atoms with Crippen LogP contribution in [-0.2, 0) is 9.19 Å². The second kappa shape index (κ2) is 5.49. The number of hydrogen-bond acceptors (Lipinski definition) is 3. The van der Waals surface area contributed by atoms with Gasteiger partial charge < -0.3 is 0 Å². The van der Waals surface area contributed by atoms with Crippen LogP contribution in [0.25, 0.3) is 0 Å². The lowest BCUT2D eigenvalue weighted by Gasteiger charge is -2.22. The summed E-state index contributed by atoms with van der Waals surface area (Å²) in [4.78, 5) is 0. The van der Waals surface area contributed by atoms with Gasteiger partial charge in [0.1, 0.15) is 0 Å². The van der Waals surface area contributed by atoms with Crippen molar-refractivity contribution in [2.24, 2.45) is 0 Å². The van der Waals surface area contributed by atoms with E-state index in [0.717, 1.165) is 0 Å². The predicted molar refractivity (Wildman–Crippen MR) is 74.5 cm³/mol. The Morgan fingerprint density at radius 2 is 1.22 bits per heavy atom. The summed E-state index contributed by atoms with van der Waals surface area (Å²) in [5.41, 5.74) is 0. The number of benzene rings is 2. The van der Waals surface area contributed by atoms with Crippen LogP contribution in [0, 0.1) is 0 Å². The standard InChI is InChI=1S/C14H16NO2P/c1-15(2)17-18(16,13-9-5-3-6-10-13)14-11-7-4-8-12-14/h3-12H,1-2H3/i17+2. The molecule has 4 heteroatoms. The third-order valence-corrected chi connectivity index (χ3v) is 4.98. The number of hydrogen-bond donors (Lipinski definition) is 0. The lowest BCUT2D eigenvalue weighted by Crippen LogP contribution is -2.23. The maximum Gasteiger partial charge on any atom is 0.277 e. The van der Waals surface area contributed by atoms with Crippen molar-refractivity contribution in [2.75, 3.05) is 14.1 Å². The van der Waals surface area contributed by atoms with Gasteiger partial charge in [-0.3, -0.25) is 4.57 Å². The molecule has 0 fully saturated rings. The molecular weight excluding hydrogens is 247 g/mol. The minimum Gasteiger partial charge on any atom is -0.281 e. The minimum absolute atomic E-state index is 0.699. The van der Waals surface area contributed by atoms with E-state index in [1.54, 1.807) is 14.1 Å². The molecule has 0 saturated carbocycles. The zero-order valence-electron chi connectivity index (χ0n) is 10.5. The van der Waals surface area contributed by atoms with Crippen molar-refractivity contribution >= 4 is 18.0 Å². The molecule has 0 aliphatic heterocycles. The number of nitrogens with zero attached hydrogens (tertiary/aromatic N) is 1. The second-order valence-corrected chi connectivity index (χ2v) is 6.42. The molecule has 2 aromatic rings. The van der Waals surface area contributed by atoms with Gasteiger partial charge in [0.15, 0.2) is 0 Å². The lowest BCUT2D eigenvalue weighted by molar-refractivity contribution is 0.00515. The molecule has 0 aliphatic rings. The first kappa shape index (κ1) is 13.0. The fraction of sp³-hybridized carbons (Fsp3) is 0.143. The van der Waals surface area contributed by atoms with Crippen LogP contribution in [0.1, 0.15) is 0 Å². The van der Waals surface area contributed by atoms with Crippen LogP contribution < -0.4 is 10.6 Å². The molecule has 0 spiro atoms. The maximum absolute atomic E-state index is 13.2. The quantitative estimate of drug-likeness (QED) is 0.482. The van der Waals surface area contributed by atoms with E-state index in [1.165, 1.54) is 5.06 Å². The first-order chi connectivity index (χ1) is 8.63. The molecule has 2 rings (SSSR count). The molecule has 0 atom stereocenters. The van der Waals surface area contributed by atoms with Crippen molar-refractivity contribution in [3.8, 4) is 0 Å². The zero-order chi connectivity index (χ0) is 13.0. The van der Waals surface area contributed by atoms with Crippen LogP contribution in [0.15, 0.2) is 60.7 Å². The van der Waals surface area contributed by atoms with E-state index in [0.29, 0.717) is 10.6 Å². The van der Waals surface area contributed by atoms with Crippen molar-refractivity contribution in [3.63, 3.8) is 0 Å². The van der Waals surface area contributed by atoms with E-state index < -0.39 is 7.37 Å². The highest BCUT2D eigenvalue weighted by molar-refractivity contribution is 7.74. The first-order valence-electron chi connectivity index (χ1n) is 5.71. The average Bonchev–Trinajstić information content (AvgIpc) is 2.40. The monoisotopic (exact) mass is 263 g/mol. The number of hydroxylamine groups is 2. The topological polar surface area (TPSA) is 29.5 Å².